The van der Waals surface area contributed by atoms with Crippen molar-refractivity contribution in [2.75, 3.05) is 18.5 Å². The van der Waals surface area contributed by atoms with Crippen molar-refractivity contribution < 1.29 is 23.8 Å². The normalized spacial score (nSPS) is 20.6. The van der Waals surface area contributed by atoms with E-state index in [2.05, 4.69) is 10.6 Å². The third-order valence-corrected chi connectivity index (χ3v) is 3.13. The third kappa shape index (κ3) is 3.09. The lowest BCUT2D eigenvalue weighted by atomic mass is 9.99. The Kier molecular flexibility index (Phi) is 4.05. The number of hydrogen-bond acceptors (Lipinski definition) is 4. The molecule has 8 heteroatoms. The molecule has 1 saturated heterocycles. The molecule has 0 spiro atoms. The molecule has 110 valence electrons. The monoisotopic (exact) mass is 293 g/mol. The van der Waals surface area contributed by atoms with Gasteiger partial charge in [-0.25, -0.2) is 14.0 Å². The number of amides is 2. The van der Waals surface area contributed by atoms with E-state index in [1.54, 1.807) is 6.07 Å². The van der Waals surface area contributed by atoms with Gasteiger partial charge in [0, 0.05) is 13.0 Å². The number of anilines is 1. The summed E-state index contributed by atoms with van der Waals surface area (Å²) in [6.07, 6.45) is 0.143. The predicted octanol–water partition coefficient (Wildman–Crippen LogP) is 1.06. The molecule has 1 fully saturated rings. The molecule has 1 atom stereocenters. The molecule has 0 bridgehead atoms. The zero-order valence-electron chi connectivity index (χ0n) is 10.9. The number of nitrogens with zero attached hydrogens (tertiary/aromatic N) is 1. The quantitative estimate of drug-likeness (QED) is 0.771. The number of nitriles is 1. The smallest absolute Gasteiger partial charge is 0.332 e. The highest BCUT2D eigenvalue weighted by Gasteiger charge is 2.44. The van der Waals surface area contributed by atoms with Crippen LogP contribution in [-0.2, 0) is 9.53 Å². The fourth-order valence-corrected chi connectivity index (χ4v) is 1.97. The Hall–Kier alpha value is -2.66. The van der Waals surface area contributed by atoms with E-state index >= 15 is 0 Å². The van der Waals surface area contributed by atoms with Gasteiger partial charge in [-0.1, -0.05) is 0 Å². The highest BCUT2D eigenvalue weighted by Crippen LogP contribution is 2.20. The molecule has 7 nitrogen and oxygen atoms in total. The number of carboxylic acids is 1. The van der Waals surface area contributed by atoms with Crippen molar-refractivity contribution in [2.45, 2.75) is 12.0 Å². The first-order valence-corrected chi connectivity index (χ1v) is 6.07. The molecule has 1 heterocycles. The van der Waals surface area contributed by atoms with Gasteiger partial charge in [0.1, 0.15) is 11.9 Å². The molecule has 0 aromatic heterocycles. The van der Waals surface area contributed by atoms with Crippen molar-refractivity contribution >= 4 is 17.7 Å². The maximum atomic E-state index is 13.0. The van der Waals surface area contributed by atoms with Gasteiger partial charge in [0.25, 0.3) is 0 Å². The average molecular weight is 293 g/mol. The van der Waals surface area contributed by atoms with E-state index in [4.69, 9.17) is 10.00 Å². The van der Waals surface area contributed by atoms with E-state index < -0.39 is 23.4 Å². The summed E-state index contributed by atoms with van der Waals surface area (Å²) < 4.78 is 18.0. The molecule has 1 aromatic rings. The van der Waals surface area contributed by atoms with Gasteiger partial charge in [-0.15, -0.1) is 0 Å². The van der Waals surface area contributed by atoms with Crippen molar-refractivity contribution in [1.29, 1.82) is 5.26 Å². The Morgan fingerprint density at radius 2 is 2.24 bits per heavy atom. The van der Waals surface area contributed by atoms with Crippen LogP contribution in [-0.4, -0.2) is 35.9 Å². The topological polar surface area (TPSA) is 111 Å². The van der Waals surface area contributed by atoms with E-state index in [-0.39, 0.29) is 30.9 Å². The average Bonchev–Trinajstić information content (AvgIpc) is 2.90. The lowest BCUT2D eigenvalue weighted by molar-refractivity contribution is -0.144. The number of nitrogens with one attached hydrogen (secondary N) is 2. The number of carbonyl (C=O) groups is 2. The molecule has 1 aromatic carbocycles. The van der Waals surface area contributed by atoms with E-state index in [0.29, 0.717) is 0 Å². The number of urea groups is 1. The molecule has 0 radical (unpaired) electrons. The number of benzene rings is 1. The van der Waals surface area contributed by atoms with Crippen LogP contribution in [0, 0.1) is 17.1 Å². The summed E-state index contributed by atoms with van der Waals surface area (Å²) in [7, 11) is 0. The Morgan fingerprint density at radius 1 is 1.48 bits per heavy atom. The first-order chi connectivity index (χ1) is 9.97. The van der Waals surface area contributed by atoms with Crippen LogP contribution < -0.4 is 10.6 Å². The molecule has 21 heavy (non-hydrogen) atoms. The molecule has 3 N–H and O–H groups in total. The number of ether oxygens (including phenoxy) is 1. The molecule has 1 aliphatic rings. The number of hydrogen-bond donors (Lipinski definition) is 3. The Labute approximate surface area is 119 Å². The van der Waals surface area contributed by atoms with E-state index in [0.717, 1.165) is 12.1 Å². The standard InChI is InChI=1S/C13H12FN3O4/c14-9-1-2-10(8(5-9)6-15)16-12(20)17-13(11(18)19)3-4-21-7-13/h1-2,5H,3-4,7H2,(H,18,19)(H2,16,17,20). The summed E-state index contributed by atoms with van der Waals surface area (Å²) in [5.41, 5.74) is -1.45. The van der Waals surface area contributed by atoms with Crippen LogP contribution >= 0.6 is 0 Å². The minimum Gasteiger partial charge on any atom is -0.479 e. The maximum absolute atomic E-state index is 13.0. The lowest BCUT2D eigenvalue weighted by Gasteiger charge is -2.23. The van der Waals surface area contributed by atoms with E-state index in [1.807, 2.05) is 0 Å². The van der Waals surface area contributed by atoms with Crippen LogP contribution in [0.5, 0.6) is 0 Å². The fourth-order valence-electron chi connectivity index (χ4n) is 1.97. The number of rotatable bonds is 3. The van der Waals surface area contributed by atoms with E-state index in [1.165, 1.54) is 6.07 Å². The van der Waals surface area contributed by atoms with Gasteiger partial charge < -0.3 is 20.5 Å². The molecular formula is C13H12FN3O4. The predicted molar refractivity (Wildman–Crippen MR) is 69.1 cm³/mol. The molecule has 1 aliphatic heterocycles. The highest BCUT2D eigenvalue weighted by atomic mass is 19.1. The van der Waals surface area contributed by atoms with Crippen molar-refractivity contribution in [1.82, 2.24) is 5.32 Å². The molecule has 0 saturated carbocycles. The summed E-state index contributed by atoms with van der Waals surface area (Å²) >= 11 is 0. The van der Waals surface area contributed by atoms with Gasteiger partial charge in [0.2, 0.25) is 0 Å². The van der Waals surface area contributed by atoms with Crippen LogP contribution in [0.4, 0.5) is 14.9 Å². The first kappa shape index (κ1) is 14.7. The van der Waals surface area contributed by atoms with Crippen LogP contribution in [0.25, 0.3) is 0 Å². The number of carbonyl (C=O) groups excluding carboxylic acids is 1. The number of halogens is 1. The molecule has 1 unspecified atom stereocenters. The summed E-state index contributed by atoms with van der Waals surface area (Å²) in [6.45, 7) is 0.0941. The van der Waals surface area contributed by atoms with Crippen molar-refractivity contribution in [3.63, 3.8) is 0 Å². The van der Waals surface area contributed by atoms with Gasteiger partial charge in [-0.2, -0.15) is 5.26 Å². The number of carboxylic acid groups (broad SMARTS) is 1. The molecule has 0 aliphatic carbocycles. The lowest BCUT2D eigenvalue weighted by Crippen LogP contribution is -2.56. The van der Waals surface area contributed by atoms with Gasteiger partial charge in [0.15, 0.2) is 5.54 Å². The third-order valence-electron chi connectivity index (χ3n) is 3.13. The summed E-state index contributed by atoms with van der Waals surface area (Å²) in [6, 6.07) is 4.23. The van der Waals surface area contributed by atoms with Gasteiger partial charge in [-0.05, 0) is 18.2 Å². The first-order valence-electron chi connectivity index (χ1n) is 6.07. The van der Waals surface area contributed by atoms with Gasteiger partial charge >= 0.3 is 12.0 Å². The van der Waals surface area contributed by atoms with Crippen LogP contribution in [0.2, 0.25) is 0 Å². The second-order valence-electron chi connectivity index (χ2n) is 4.57. The van der Waals surface area contributed by atoms with Gasteiger partial charge in [0.05, 0.1) is 17.9 Å². The molecule has 2 rings (SSSR count). The SMILES string of the molecule is N#Cc1cc(F)ccc1NC(=O)NC1(C(=O)O)CCOC1. The number of aliphatic carboxylic acids is 1. The van der Waals surface area contributed by atoms with Crippen LogP contribution in [0.1, 0.15) is 12.0 Å². The Bertz CT molecular complexity index is 620. The summed E-state index contributed by atoms with van der Waals surface area (Å²) in [5.74, 6) is -1.81. The Morgan fingerprint density at radius 3 is 2.81 bits per heavy atom. The minimum atomic E-state index is -1.49. The van der Waals surface area contributed by atoms with Crippen molar-refractivity contribution in [3.8, 4) is 6.07 Å². The van der Waals surface area contributed by atoms with Crippen molar-refractivity contribution in [2.24, 2.45) is 0 Å². The van der Waals surface area contributed by atoms with Crippen molar-refractivity contribution in [3.05, 3.63) is 29.6 Å². The Balaban J connectivity index is 2.12. The fraction of sp³-hybridized carbons (Fsp3) is 0.308. The van der Waals surface area contributed by atoms with Crippen LogP contribution in [0.15, 0.2) is 18.2 Å². The zero-order valence-corrected chi connectivity index (χ0v) is 10.9. The summed E-state index contributed by atoms with van der Waals surface area (Å²) in [5, 5.41) is 22.7. The highest BCUT2D eigenvalue weighted by molar-refractivity contribution is 5.95. The maximum Gasteiger partial charge on any atom is 0.332 e. The molecular weight excluding hydrogens is 281 g/mol. The minimum absolute atomic E-state index is 0.0582. The zero-order chi connectivity index (χ0) is 15.5. The van der Waals surface area contributed by atoms with Gasteiger partial charge in [-0.3, -0.25) is 0 Å². The van der Waals surface area contributed by atoms with E-state index in [9.17, 15) is 19.1 Å². The second-order valence-corrected chi connectivity index (χ2v) is 4.57. The largest absolute Gasteiger partial charge is 0.479 e. The molecule has 2 amide bonds. The summed E-state index contributed by atoms with van der Waals surface area (Å²) in [4.78, 5) is 23.1. The second kappa shape index (κ2) is 5.76. The van der Waals surface area contributed by atoms with Crippen LogP contribution in [0.3, 0.4) is 0 Å².